The highest BCUT2D eigenvalue weighted by Gasteiger charge is 2.34. The number of hydrogen-bond donors (Lipinski definition) is 2. The minimum atomic E-state index is -0.520. The zero-order chi connectivity index (χ0) is 26.7. The molecule has 0 bridgehead atoms. The maximum Gasteiger partial charge on any atom is 0.410 e. The molecule has 0 saturated heterocycles. The number of nitrogens with one attached hydrogen (secondary N) is 2. The van der Waals surface area contributed by atoms with Gasteiger partial charge >= 0.3 is 6.09 Å². The van der Waals surface area contributed by atoms with Crippen molar-refractivity contribution in [3.63, 3.8) is 0 Å². The highest BCUT2D eigenvalue weighted by Crippen LogP contribution is 2.47. The number of aryl methyl sites for hydroxylation is 1. The van der Waals surface area contributed by atoms with E-state index in [0.717, 1.165) is 54.3 Å². The van der Waals surface area contributed by atoms with Crippen molar-refractivity contribution in [2.45, 2.75) is 89.4 Å². The topological polar surface area (TPSA) is 123 Å². The SMILES string of the molecule is CNC(=O)CNC(=O)C[C@H]1CCc2sc3ncnc(O[C@H]4CC[C@H](N(C)C(=O)OC(C)(C)C)CC4)c3c21. The number of likely N-dealkylation sites (N-methyl/N-ethyl adjacent to an activating group) is 1. The summed E-state index contributed by atoms with van der Waals surface area (Å²) in [5.41, 5.74) is 0.595. The van der Waals surface area contributed by atoms with Crippen LogP contribution in [0.4, 0.5) is 4.79 Å². The van der Waals surface area contributed by atoms with Crippen molar-refractivity contribution in [2.75, 3.05) is 20.6 Å². The third kappa shape index (κ3) is 6.49. The van der Waals surface area contributed by atoms with E-state index in [0.29, 0.717) is 12.3 Å². The van der Waals surface area contributed by atoms with E-state index in [-0.39, 0.29) is 42.5 Å². The van der Waals surface area contributed by atoms with Crippen LogP contribution in [0.2, 0.25) is 0 Å². The summed E-state index contributed by atoms with van der Waals surface area (Å²) in [5, 5.41) is 6.12. The Bertz CT molecular complexity index is 1150. The van der Waals surface area contributed by atoms with Crippen molar-refractivity contribution < 1.29 is 23.9 Å². The van der Waals surface area contributed by atoms with Crippen LogP contribution in [0.25, 0.3) is 10.2 Å². The predicted molar refractivity (Wildman–Crippen MR) is 141 cm³/mol. The van der Waals surface area contributed by atoms with Crippen LogP contribution in [-0.4, -0.2) is 71.2 Å². The lowest BCUT2D eigenvalue weighted by atomic mass is 9.92. The van der Waals surface area contributed by atoms with Gasteiger partial charge in [-0.3, -0.25) is 9.59 Å². The largest absolute Gasteiger partial charge is 0.474 e. The van der Waals surface area contributed by atoms with Gasteiger partial charge in [0.2, 0.25) is 17.7 Å². The molecule has 10 nitrogen and oxygen atoms in total. The van der Waals surface area contributed by atoms with Crippen LogP contribution in [0.5, 0.6) is 5.88 Å². The summed E-state index contributed by atoms with van der Waals surface area (Å²) in [6, 6.07) is 0.114. The molecule has 2 aliphatic rings. The number of hydrogen-bond acceptors (Lipinski definition) is 8. The minimum Gasteiger partial charge on any atom is -0.474 e. The van der Waals surface area contributed by atoms with Crippen LogP contribution in [-0.2, 0) is 20.7 Å². The smallest absolute Gasteiger partial charge is 0.410 e. The Morgan fingerprint density at radius 2 is 1.84 bits per heavy atom. The fourth-order valence-corrected chi connectivity index (χ4v) is 6.32. The summed E-state index contributed by atoms with van der Waals surface area (Å²) >= 11 is 1.64. The third-order valence-corrected chi connectivity index (χ3v) is 8.18. The lowest BCUT2D eigenvalue weighted by Gasteiger charge is -2.35. The second kappa shape index (κ2) is 11.2. The van der Waals surface area contributed by atoms with Crippen LogP contribution in [0.1, 0.15) is 75.7 Å². The van der Waals surface area contributed by atoms with Gasteiger partial charge < -0.3 is 25.0 Å². The molecule has 2 aliphatic carbocycles. The number of thiophene rings is 1. The lowest BCUT2D eigenvalue weighted by Crippen LogP contribution is -2.43. The minimum absolute atomic E-state index is 0.00681. The second-order valence-corrected chi connectivity index (χ2v) is 11.9. The van der Waals surface area contributed by atoms with Gasteiger partial charge in [0.15, 0.2) is 0 Å². The highest BCUT2D eigenvalue weighted by atomic mass is 32.1. The molecule has 0 radical (unpaired) electrons. The fraction of sp³-hybridized carbons (Fsp3) is 0.654. The predicted octanol–water partition coefficient (Wildman–Crippen LogP) is 3.53. The Balaban J connectivity index is 1.42. The molecule has 202 valence electrons. The molecule has 0 spiro atoms. The van der Waals surface area contributed by atoms with Crippen LogP contribution < -0.4 is 15.4 Å². The summed E-state index contributed by atoms with van der Waals surface area (Å²) in [7, 11) is 3.34. The van der Waals surface area contributed by atoms with E-state index in [1.807, 2.05) is 20.8 Å². The Hall–Kier alpha value is -2.95. The monoisotopic (exact) mass is 531 g/mol. The molecule has 1 saturated carbocycles. The van der Waals surface area contributed by atoms with Gasteiger partial charge in [0, 0.05) is 31.4 Å². The Kier molecular flexibility index (Phi) is 8.20. The van der Waals surface area contributed by atoms with Crippen molar-refractivity contribution in [3.05, 3.63) is 16.8 Å². The molecule has 3 amide bonds. The average molecular weight is 532 g/mol. The first-order chi connectivity index (χ1) is 17.6. The molecule has 2 N–H and O–H groups in total. The van der Waals surface area contributed by atoms with E-state index in [1.54, 1.807) is 30.3 Å². The normalized spacial score (nSPS) is 21.3. The molecule has 0 aromatic carbocycles. The van der Waals surface area contributed by atoms with E-state index >= 15 is 0 Å². The zero-order valence-electron chi connectivity index (χ0n) is 22.3. The maximum atomic E-state index is 12.5. The van der Waals surface area contributed by atoms with Crippen LogP contribution in [0.3, 0.4) is 0 Å². The summed E-state index contributed by atoms with van der Waals surface area (Å²) in [6.45, 7) is 5.58. The summed E-state index contributed by atoms with van der Waals surface area (Å²) in [6.07, 6.45) is 6.58. The van der Waals surface area contributed by atoms with Crippen molar-refractivity contribution >= 4 is 39.5 Å². The number of carbonyl (C=O) groups is 3. The number of amides is 3. The van der Waals surface area contributed by atoms with Gasteiger partial charge in [-0.25, -0.2) is 14.8 Å². The Morgan fingerprint density at radius 3 is 2.51 bits per heavy atom. The van der Waals surface area contributed by atoms with Crippen molar-refractivity contribution in [1.82, 2.24) is 25.5 Å². The van der Waals surface area contributed by atoms with E-state index in [2.05, 4.69) is 20.6 Å². The molecular weight excluding hydrogens is 494 g/mol. The summed E-state index contributed by atoms with van der Waals surface area (Å²) in [4.78, 5) is 49.2. The van der Waals surface area contributed by atoms with E-state index in [1.165, 1.54) is 11.2 Å². The van der Waals surface area contributed by atoms with Crippen molar-refractivity contribution in [3.8, 4) is 5.88 Å². The van der Waals surface area contributed by atoms with E-state index < -0.39 is 5.60 Å². The molecule has 11 heteroatoms. The van der Waals surface area contributed by atoms with E-state index in [9.17, 15) is 14.4 Å². The molecule has 1 atom stereocenters. The Labute approximate surface area is 221 Å². The van der Waals surface area contributed by atoms with Crippen LogP contribution >= 0.6 is 11.3 Å². The molecule has 2 aromatic heterocycles. The number of rotatable bonds is 7. The highest BCUT2D eigenvalue weighted by molar-refractivity contribution is 7.19. The molecule has 2 heterocycles. The van der Waals surface area contributed by atoms with Gasteiger partial charge in [-0.2, -0.15) is 0 Å². The lowest BCUT2D eigenvalue weighted by molar-refractivity contribution is -0.126. The van der Waals surface area contributed by atoms with Gasteiger partial charge in [-0.15, -0.1) is 11.3 Å². The van der Waals surface area contributed by atoms with Crippen LogP contribution in [0.15, 0.2) is 6.33 Å². The number of nitrogens with zero attached hydrogens (tertiary/aromatic N) is 3. The molecule has 37 heavy (non-hydrogen) atoms. The van der Waals surface area contributed by atoms with Crippen molar-refractivity contribution in [2.24, 2.45) is 0 Å². The molecule has 4 rings (SSSR count). The van der Waals surface area contributed by atoms with Gasteiger partial charge in [-0.05, 0) is 70.8 Å². The standard InChI is InChI=1S/C26H37N5O5S/c1-26(2,3)36-25(34)31(5)16-7-9-17(10-8-16)35-23-22-21-15(12-19(32)28-13-20(33)27-4)6-11-18(21)37-24(22)30-14-29-23/h14-17H,6-13H2,1-5H3,(H,27,33)(H,28,32)/t15-,16-,17-/m1/s1. The second-order valence-electron chi connectivity index (χ2n) is 10.8. The number of aromatic nitrogens is 2. The Morgan fingerprint density at radius 1 is 1.11 bits per heavy atom. The first kappa shape index (κ1) is 27.1. The molecule has 0 aliphatic heterocycles. The molecule has 1 fully saturated rings. The molecular formula is C26H37N5O5S. The fourth-order valence-electron chi connectivity index (χ4n) is 5.09. The number of ether oxygens (including phenoxy) is 2. The van der Waals surface area contributed by atoms with E-state index in [4.69, 9.17) is 9.47 Å². The van der Waals surface area contributed by atoms with Crippen molar-refractivity contribution in [1.29, 1.82) is 0 Å². The zero-order valence-corrected chi connectivity index (χ0v) is 23.1. The third-order valence-electron chi connectivity index (χ3n) is 7.00. The molecule has 0 unspecified atom stereocenters. The summed E-state index contributed by atoms with van der Waals surface area (Å²) in [5.74, 6) is 0.245. The average Bonchev–Trinajstić information content (AvgIpc) is 3.41. The first-order valence-electron chi connectivity index (χ1n) is 12.9. The maximum absolute atomic E-state index is 12.5. The number of carbonyl (C=O) groups excluding carboxylic acids is 3. The quantitative estimate of drug-likeness (QED) is 0.560. The van der Waals surface area contributed by atoms with Crippen LogP contribution in [0, 0.1) is 0 Å². The number of fused-ring (bicyclic) bond motifs is 3. The van der Waals surface area contributed by atoms with Gasteiger partial charge in [0.1, 0.15) is 22.9 Å². The first-order valence-corrected chi connectivity index (χ1v) is 13.7. The van der Waals surface area contributed by atoms with Gasteiger partial charge in [-0.1, -0.05) is 0 Å². The van der Waals surface area contributed by atoms with Gasteiger partial charge in [0.05, 0.1) is 11.9 Å². The summed E-state index contributed by atoms with van der Waals surface area (Å²) < 4.78 is 12.0. The van der Waals surface area contributed by atoms with Gasteiger partial charge in [0.25, 0.3) is 0 Å². The molecule has 2 aromatic rings.